The van der Waals surface area contributed by atoms with Gasteiger partial charge in [-0.25, -0.2) is 0 Å². The average molecular weight is 385 g/mol. The number of anilines is 1. The highest BCUT2D eigenvalue weighted by molar-refractivity contribution is 5.79. The van der Waals surface area contributed by atoms with Crippen LogP contribution in [0.25, 0.3) is 0 Å². The van der Waals surface area contributed by atoms with Crippen molar-refractivity contribution < 1.29 is 9.53 Å². The van der Waals surface area contributed by atoms with Crippen LogP contribution in [0.3, 0.4) is 0 Å². The Bertz CT molecular complexity index is 673. The van der Waals surface area contributed by atoms with Crippen molar-refractivity contribution in [1.82, 2.24) is 4.90 Å². The molecule has 4 heteroatoms. The highest BCUT2D eigenvalue weighted by Crippen LogP contribution is 2.48. The van der Waals surface area contributed by atoms with E-state index in [0.29, 0.717) is 5.92 Å². The number of para-hydroxylation sites is 1. The predicted molar refractivity (Wildman–Crippen MR) is 114 cm³/mol. The van der Waals surface area contributed by atoms with Gasteiger partial charge in [0.1, 0.15) is 6.10 Å². The van der Waals surface area contributed by atoms with Gasteiger partial charge in [-0.15, -0.1) is 0 Å². The maximum Gasteiger partial charge on any atom is 0.312 e. The number of esters is 1. The van der Waals surface area contributed by atoms with Crippen LogP contribution in [0.4, 0.5) is 5.69 Å². The number of nitrogens with zero attached hydrogens (tertiary/aromatic N) is 2. The fraction of sp³-hybridized carbons (Fsp3) is 0.708. The fourth-order valence-corrected chi connectivity index (χ4v) is 5.48. The van der Waals surface area contributed by atoms with Gasteiger partial charge >= 0.3 is 5.97 Å². The summed E-state index contributed by atoms with van der Waals surface area (Å²) in [7, 11) is 0. The molecule has 0 N–H and O–H groups in total. The Labute approximate surface area is 170 Å². The van der Waals surface area contributed by atoms with Crippen LogP contribution < -0.4 is 4.90 Å². The lowest BCUT2D eigenvalue weighted by Gasteiger charge is -2.37. The zero-order valence-corrected chi connectivity index (χ0v) is 17.7. The lowest BCUT2D eigenvalue weighted by molar-refractivity contribution is -0.148. The number of carbonyl (C=O) groups excluding carboxylic acids is 1. The Morgan fingerprint density at radius 3 is 2.54 bits per heavy atom. The van der Waals surface area contributed by atoms with E-state index in [2.05, 4.69) is 47.9 Å². The summed E-state index contributed by atoms with van der Waals surface area (Å²) in [4.78, 5) is 17.4. The Balaban J connectivity index is 1.21. The van der Waals surface area contributed by atoms with Crippen molar-refractivity contribution >= 4 is 11.7 Å². The molecule has 0 radical (unpaired) electrons. The summed E-state index contributed by atoms with van der Waals surface area (Å²) in [6.07, 6.45) is 7.83. The quantitative estimate of drug-likeness (QED) is 0.672. The third-order valence-electron chi connectivity index (χ3n) is 7.16. The Kier molecular flexibility index (Phi) is 5.96. The summed E-state index contributed by atoms with van der Waals surface area (Å²) in [6, 6.07) is 8.86. The molecule has 2 heterocycles. The summed E-state index contributed by atoms with van der Waals surface area (Å²) in [5.41, 5.74) is 2.77. The van der Waals surface area contributed by atoms with Gasteiger partial charge in [0.25, 0.3) is 0 Å². The molecule has 1 aliphatic carbocycles. The Hall–Kier alpha value is -1.55. The Morgan fingerprint density at radius 1 is 1.11 bits per heavy atom. The lowest BCUT2D eigenvalue weighted by atomic mass is 9.82. The minimum Gasteiger partial charge on any atom is -0.462 e. The molecule has 28 heavy (non-hydrogen) atoms. The number of cyclic esters (lactones) is 1. The van der Waals surface area contributed by atoms with Gasteiger partial charge in [-0.2, -0.15) is 0 Å². The van der Waals surface area contributed by atoms with Crippen molar-refractivity contribution in [2.75, 3.05) is 37.6 Å². The molecule has 3 fully saturated rings. The van der Waals surface area contributed by atoms with Crippen molar-refractivity contribution in [3.63, 3.8) is 0 Å². The summed E-state index contributed by atoms with van der Waals surface area (Å²) in [6.45, 7) is 10.1. The molecule has 1 spiro atoms. The molecule has 4 nitrogen and oxygen atoms in total. The van der Waals surface area contributed by atoms with Crippen molar-refractivity contribution in [3.05, 3.63) is 29.8 Å². The first kappa shape index (κ1) is 19.8. The molecule has 3 aliphatic rings. The first-order valence-corrected chi connectivity index (χ1v) is 11.3. The number of benzene rings is 1. The molecule has 0 aromatic heterocycles. The lowest BCUT2D eigenvalue weighted by Crippen LogP contribution is -2.47. The first-order chi connectivity index (χ1) is 13.6. The second-order valence-electron chi connectivity index (χ2n) is 9.40. The number of hydrogen-bond acceptors (Lipinski definition) is 4. The predicted octanol–water partition coefficient (Wildman–Crippen LogP) is 4.59. The van der Waals surface area contributed by atoms with E-state index in [0.717, 1.165) is 64.8 Å². The van der Waals surface area contributed by atoms with Crippen LogP contribution in [0, 0.1) is 5.41 Å². The molecule has 0 bridgehead atoms. The van der Waals surface area contributed by atoms with Crippen molar-refractivity contribution in [2.24, 2.45) is 5.41 Å². The van der Waals surface area contributed by atoms with Crippen molar-refractivity contribution in [1.29, 1.82) is 0 Å². The van der Waals surface area contributed by atoms with Gasteiger partial charge < -0.3 is 9.64 Å². The van der Waals surface area contributed by atoms with Crippen LogP contribution in [0.5, 0.6) is 0 Å². The van der Waals surface area contributed by atoms with Crippen molar-refractivity contribution in [2.45, 2.75) is 70.8 Å². The molecule has 1 unspecified atom stereocenters. The topological polar surface area (TPSA) is 32.8 Å². The zero-order valence-electron chi connectivity index (χ0n) is 17.7. The maximum absolute atomic E-state index is 12.3. The number of carbonyl (C=O) groups is 1. The average Bonchev–Trinajstić information content (AvgIpc) is 3.30. The summed E-state index contributed by atoms with van der Waals surface area (Å²) >= 11 is 0. The highest BCUT2D eigenvalue weighted by Gasteiger charge is 2.50. The van der Waals surface area contributed by atoms with Gasteiger partial charge in [0.2, 0.25) is 0 Å². The molecule has 2 aliphatic heterocycles. The smallest absolute Gasteiger partial charge is 0.312 e. The fourth-order valence-electron chi connectivity index (χ4n) is 5.48. The summed E-state index contributed by atoms with van der Waals surface area (Å²) in [5, 5.41) is 0. The van der Waals surface area contributed by atoms with E-state index in [1.165, 1.54) is 24.1 Å². The van der Waals surface area contributed by atoms with Crippen LogP contribution in [-0.2, 0) is 9.53 Å². The van der Waals surface area contributed by atoms with E-state index in [-0.39, 0.29) is 17.5 Å². The zero-order chi connectivity index (χ0) is 19.6. The summed E-state index contributed by atoms with van der Waals surface area (Å²) in [5.74, 6) is 0.666. The molecular weight excluding hydrogens is 348 g/mol. The van der Waals surface area contributed by atoms with Crippen LogP contribution >= 0.6 is 0 Å². The standard InChI is InChI=1S/C24H36N2O2/c1-19(2)21-9-3-4-10-22(21)26-16-14-25(15-17-26)13-7-8-20-18-24(23(27)28-20)11-5-6-12-24/h3-4,9-10,19-20H,5-8,11-18H2,1-2H3. The molecule has 0 amide bonds. The van der Waals surface area contributed by atoms with E-state index < -0.39 is 0 Å². The second-order valence-corrected chi connectivity index (χ2v) is 9.40. The van der Waals surface area contributed by atoms with Gasteiger partial charge in [-0.05, 0) is 49.8 Å². The van der Waals surface area contributed by atoms with E-state index in [1.807, 2.05) is 0 Å². The molecule has 1 aromatic carbocycles. The largest absolute Gasteiger partial charge is 0.462 e. The molecule has 1 saturated carbocycles. The molecule has 2 saturated heterocycles. The van der Waals surface area contributed by atoms with Crippen LogP contribution in [0.2, 0.25) is 0 Å². The Morgan fingerprint density at radius 2 is 1.82 bits per heavy atom. The van der Waals surface area contributed by atoms with Crippen LogP contribution in [0.1, 0.15) is 70.3 Å². The number of hydrogen-bond donors (Lipinski definition) is 0. The molecule has 1 aromatic rings. The SMILES string of the molecule is CC(C)c1ccccc1N1CCN(CCCC2CC3(CCCC3)C(=O)O2)CC1. The first-order valence-electron chi connectivity index (χ1n) is 11.3. The molecular formula is C24H36N2O2. The number of ether oxygens (including phenoxy) is 1. The number of piperazine rings is 1. The van der Waals surface area contributed by atoms with E-state index in [1.54, 1.807) is 0 Å². The minimum atomic E-state index is -0.0971. The van der Waals surface area contributed by atoms with Gasteiger partial charge in [0.05, 0.1) is 5.41 Å². The maximum atomic E-state index is 12.3. The normalized spacial score (nSPS) is 25.0. The van der Waals surface area contributed by atoms with Crippen LogP contribution in [-0.4, -0.2) is 49.7 Å². The van der Waals surface area contributed by atoms with Gasteiger partial charge in [-0.1, -0.05) is 44.9 Å². The van der Waals surface area contributed by atoms with Gasteiger partial charge in [0.15, 0.2) is 0 Å². The van der Waals surface area contributed by atoms with Gasteiger partial charge in [-0.3, -0.25) is 9.69 Å². The minimum absolute atomic E-state index is 0.0971. The monoisotopic (exact) mass is 384 g/mol. The van der Waals surface area contributed by atoms with E-state index in [4.69, 9.17) is 4.74 Å². The number of rotatable bonds is 6. The summed E-state index contributed by atoms with van der Waals surface area (Å²) < 4.78 is 5.73. The molecule has 1 atom stereocenters. The highest BCUT2D eigenvalue weighted by atomic mass is 16.6. The second kappa shape index (κ2) is 8.44. The van der Waals surface area contributed by atoms with Gasteiger partial charge in [0, 0.05) is 38.3 Å². The van der Waals surface area contributed by atoms with Crippen LogP contribution in [0.15, 0.2) is 24.3 Å². The molecule has 154 valence electrons. The van der Waals surface area contributed by atoms with E-state index >= 15 is 0 Å². The molecule has 4 rings (SSSR count). The van der Waals surface area contributed by atoms with E-state index in [9.17, 15) is 4.79 Å². The third-order valence-corrected chi connectivity index (χ3v) is 7.16. The van der Waals surface area contributed by atoms with Crippen molar-refractivity contribution in [3.8, 4) is 0 Å². The third kappa shape index (κ3) is 4.07.